The molecule has 0 spiro atoms. The quantitative estimate of drug-likeness (QED) is 0.789. The third kappa shape index (κ3) is 4.61. The molecule has 0 saturated heterocycles. The minimum Gasteiger partial charge on any atom is -0.473 e. The highest BCUT2D eigenvalue weighted by Gasteiger charge is 2.11. The molecule has 1 amide bonds. The molecule has 106 valence electrons. The third-order valence-electron chi connectivity index (χ3n) is 2.32. The van der Waals surface area contributed by atoms with Gasteiger partial charge in [0.1, 0.15) is 12.0 Å². The molecule has 1 heterocycles. The monoisotopic (exact) mass is 267 g/mol. The summed E-state index contributed by atoms with van der Waals surface area (Å²) >= 11 is 0. The van der Waals surface area contributed by atoms with Crippen LogP contribution in [0.25, 0.3) is 0 Å². The highest BCUT2D eigenvalue weighted by molar-refractivity contribution is 5.76. The summed E-state index contributed by atoms with van der Waals surface area (Å²) in [6, 6.07) is 0. The van der Waals surface area contributed by atoms with E-state index in [0.29, 0.717) is 30.4 Å². The molecule has 0 aromatic carbocycles. The number of carbonyl (C=O) groups excluding carboxylic acids is 1. The number of nitrogens with two attached hydrogens (primary N) is 1. The molecule has 0 atom stereocenters. The number of ether oxygens (including phenoxy) is 1. The van der Waals surface area contributed by atoms with Crippen LogP contribution in [0, 0.1) is 0 Å². The molecular weight excluding hydrogens is 246 g/mol. The summed E-state index contributed by atoms with van der Waals surface area (Å²) in [7, 11) is 3.44. The van der Waals surface area contributed by atoms with Crippen molar-refractivity contribution in [1.82, 2.24) is 14.9 Å². The van der Waals surface area contributed by atoms with Crippen LogP contribution in [0.2, 0.25) is 0 Å². The number of nitrogen functional groups attached to an aromatic ring is 1. The Morgan fingerprint density at radius 3 is 2.74 bits per heavy atom. The van der Waals surface area contributed by atoms with E-state index in [1.165, 1.54) is 11.2 Å². The number of rotatable bonds is 6. The Labute approximate surface area is 113 Å². The van der Waals surface area contributed by atoms with E-state index in [-0.39, 0.29) is 12.0 Å². The first kappa shape index (κ1) is 15.0. The van der Waals surface area contributed by atoms with Gasteiger partial charge < -0.3 is 20.7 Å². The lowest BCUT2D eigenvalue weighted by Gasteiger charge is -2.14. The predicted octanol–water partition coefficient (Wildman–Crippen LogP) is 0.736. The van der Waals surface area contributed by atoms with Crippen molar-refractivity contribution >= 4 is 17.4 Å². The molecule has 0 fully saturated rings. The van der Waals surface area contributed by atoms with Gasteiger partial charge in [-0.15, -0.1) is 0 Å². The molecule has 3 N–H and O–H groups in total. The lowest BCUT2D eigenvalue weighted by molar-refractivity contribution is -0.128. The van der Waals surface area contributed by atoms with E-state index in [0.717, 1.165) is 0 Å². The maximum atomic E-state index is 11.4. The topological polar surface area (TPSA) is 93.4 Å². The fourth-order valence-electron chi connectivity index (χ4n) is 1.35. The van der Waals surface area contributed by atoms with Gasteiger partial charge in [-0.1, -0.05) is 0 Å². The molecule has 7 heteroatoms. The SMILES string of the molecule is CC(C)Oc1ncnc(NCCC(=O)N(C)C)c1N. The lowest BCUT2D eigenvalue weighted by Crippen LogP contribution is -2.24. The molecule has 0 unspecified atom stereocenters. The van der Waals surface area contributed by atoms with Gasteiger partial charge in [0.25, 0.3) is 0 Å². The van der Waals surface area contributed by atoms with E-state index in [1.807, 2.05) is 13.8 Å². The molecule has 0 aliphatic rings. The van der Waals surface area contributed by atoms with E-state index in [9.17, 15) is 4.79 Å². The first-order valence-corrected chi connectivity index (χ1v) is 6.13. The fraction of sp³-hybridized carbons (Fsp3) is 0.583. The molecule has 0 saturated carbocycles. The molecular formula is C12H21N5O2. The second-order valence-electron chi connectivity index (χ2n) is 4.57. The van der Waals surface area contributed by atoms with Crippen LogP contribution < -0.4 is 15.8 Å². The second kappa shape index (κ2) is 6.77. The highest BCUT2D eigenvalue weighted by Crippen LogP contribution is 2.25. The van der Waals surface area contributed by atoms with Gasteiger partial charge in [0.15, 0.2) is 5.82 Å². The first-order chi connectivity index (χ1) is 8.91. The molecule has 1 aromatic heterocycles. The van der Waals surface area contributed by atoms with Gasteiger partial charge in [0.05, 0.1) is 6.10 Å². The number of nitrogens with one attached hydrogen (secondary N) is 1. The Bertz CT molecular complexity index is 434. The minimum absolute atomic E-state index is 0.0135. The van der Waals surface area contributed by atoms with Crippen molar-refractivity contribution in [2.45, 2.75) is 26.4 Å². The zero-order valence-electron chi connectivity index (χ0n) is 11.8. The highest BCUT2D eigenvalue weighted by atomic mass is 16.5. The Balaban J connectivity index is 2.61. The van der Waals surface area contributed by atoms with E-state index in [1.54, 1.807) is 14.1 Å². The largest absolute Gasteiger partial charge is 0.473 e. The van der Waals surface area contributed by atoms with Crippen molar-refractivity contribution in [3.8, 4) is 5.88 Å². The van der Waals surface area contributed by atoms with Crippen LogP contribution in [-0.2, 0) is 4.79 Å². The maximum Gasteiger partial charge on any atom is 0.242 e. The summed E-state index contributed by atoms with van der Waals surface area (Å²) < 4.78 is 5.46. The molecule has 1 rings (SSSR count). The third-order valence-corrected chi connectivity index (χ3v) is 2.32. The number of carbonyl (C=O) groups is 1. The van der Waals surface area contributed by atoms with Crippen molar-refractivity contribution in [3.05, 3.63) is 6.33 Å². The van der Waals surface area contributed by atoms with Crippen molar-refractivity contribution < 1.29 is 9.53 Å². The van der Waals surface area contributed by atoms with Crippen LogP contribution in [0.3, 0.4) is 0 Å². The van der Waals surface area contributed by atoms with Crippen LogP contribution in [0.4, 0.5) is 11.5 Å². The van der Waals surface area contributed by atoms with Crippen molar-refractivity contribution in [2.24, 2.45) is 0 Å². The van der Waals surface area contributed by atoms with Crippen molar-refractivity contribution in [3.63, 3.8) is 0 Å². The zero-order valence-corrected chi connectivity index (χ0v) is 11.8. The Morgan fingerprint density at radius 2 is 2.16 bits per heavy atom. The molecule has 0 radical (unpaired) electrons. The fourth-order valence-corrected chi connectivity index (χ4v) is 1.35. The summed E-state index contributed by atoms with van der Waals surface area (Å²) in [5.41, 5.74) is 6.26. The Kier molecular flexibility index (Phi) is 5.35. The van der Waals surface area contributed by atoms with Crippen LogP contribution >= 0.6 is 0 Å². The second-order valence-corrected chi connectivity index (χ2v) is 4.57. The van der Waals surface area contributed by atoms with Gasteiger partial charge in [-0.25, -0.2) is 4.98 Å². The summed E-state index contributed by atoms with van der Waals surface area (Å²) in [5, 5.41) is 3.01. The van der Waals surface area contributed by atoms with Crippen LogP contribution in [-0.4, -0.2) is 47.5 Å². The number of aromatic nitrogens is 2. The van der Waals surface area contributed by atoms with E-state index in [4.69, 9.17) is 10.5 Å². The summed E-state index contributed by atoms with van der Waals surface area (Å²) in [4.78, 5) is 21.0. The predicted molar refractivity (Wildman–Crippen MR) is 74.0 cm³/mol. The summed E-state index contributed by atoms with van der Waals surface area (Å²) in [5.74, 6) is 0.877. The van der Waals surface area contributed by atoms with E-state index in [2.05, 4.69) is 15.3 Å². The molecule has 19 heavy (non-hydrogen) atoms. The number of anilines is 2. The van der Waals surface area contributed by atoms with Crippen LogP contribution in [0.5, 0.6) is 5.88 Å². The van der Waals surface area contributed by atoms with E-state index >= 15 is 0 Å². The molecule has 1 aromatic rings. The Morgan fingerprint density at radius 1 is 1.47 bits per heavy atom. The molecule has 0 aliphatic heterocycles. The number of hydrogen-bond acceptors (Lipinski definition) is 6. The van der Waals surface area contributed by atoms with Gasteiger partial charge in [0, 0.05) is 27.1 Å². The zero-order chi connectivity index (χ0) is 14.4. The Hall–Kier alpha value is -2.05. The number of hydrogen-bond donors (Lipinski definition) is 2. The van der Waals surface area contributed by atoms with Gasteiger partial charge in [-0.05, 0) is 13.8 Å². The summed E-state index contributed by atoms with van der Waals surface area (Å²) in [6.07, 6.45) is 1.74. The average molecular weight is 267 g/mol. The molecule has 0 bridgehead atoms. The average Bonchev–Trinajstić information content (AvgIpc) is 2.32. The first-order valence-electron chi connectivity index (χ1n) is 6.13. The smallest absolute Gasteiger partial charge is 0.242 e. The summed E-state index contributed by atoms with van der Waals surface area (Å²) in [6.45, 7) is 4.24. The van der Waals surface area contributed by atoms with Crippen molar-refractivity contribution in [1.29, 1.82) is 0 Å². The lowest BCUT2D eigenvalue weighted by atomic mass is 10.3. The van der Waals surface area contributed by atoms with Crippen molar-refractivity contribution in [2.75, 3.05) is 31.7 Å². The minimum atomic E-state index is -0.0135. The van der Waals surface area contributed by atoms with Gasteiger partial charge >= 0.3 is 0 Å². The van der Waals surface area contributed by atoms with Crippen LogP contribution in [0.1, 0.15) is 20.3 Å². The normalized spacial score (nSPS) is 10.4. The van der Waals surface area contributed by atoms with Gasteiger partial charge in [-0.2, -0.15) is 4.98 Å². The van der Waals surface area contributed by atoms with Crippen LogP contribution in [0.15, 0.2) is 6.33 Å². The maximum absolute atomic E-state index is 11.4. The molecule has 7 nitrogen and oxygen atoms in total. The van der Waals surface area contributed by atoms with Gasteiger partial charge in [-0.3, -0.25) is 4.79 Å². The molecule has 0 aliphatic carbocycles. The number of nitrogens with zero attached hydrogens (tertiary/aromatic N) is 3. The number of amides is 1. The van der Waals surface area contributed by atoms with E-state index < -0.39 is 0 Å². The standard InChI is InChI=1S/C12H21N5O2/c1-8(2)19-12-10(13)11(15-7-16-12)14-6-5-9(18)17(3)4/h7-8H,5-6,13H2,1-4H3,(H,14,15,16). The van der Waals surface area contributed by atoms with Gasteiger partial charge in [0.2, 0.25) is 11.8 Å².